The number of carbonyl (C=O) groups is 3. The summed E-state index contributed by atoms with van der Waals surface area (Å²) >= 11 is 1.37. The summed E-state index contributed by atoms with van der Waals surface area (Å²) in [6, 6.07) is -0.388. The van der Waals surface area contributed by atoms with Crippen LogP contribution in [-0.2, 0) is 16.6 Å². The Morgan fingerprint density at radius 1 is 1.41 bits per heavy atom. The van der Waals surface area contributed by atoms with Crippen molar-refractivity contribution in [2.45, 2.75) is 37.6 Å². The van der Waals surface area contributed by atoms with E-state index in [4.69, 9.17) is 0 Å². The zero-order valence-corrected chi connectivity index (χ0v) is 13.2. The van der Waals surface area contributed by atoms with Crippen LogP contribution in [0.2, 0.25) is 0 Å². The summed E-state index contributed by atoms with van der Waals surface area (Å²) in [6.45, 7) is 0.0871. The summed E-state index contributed by atoms with van der Waals surface area (Å²) in [6.07, 6.45) is 5.14. The van der Waals surface area contributed by atoms with Gasteiger partial charge >= 0.3 is 6.03 Å². The minimum atomic E-state index is -0.711. The highest BCUT2D eigenvalue weighted by atomic mass is 32.1. The topological polar surface area (TPSA) is 83.8 Å². The van der Waals surface area contributed by atoms with E-state index in [1.165, 1.54) is 11.3 Å². The molecule has 2 heterocycles. The van der Waals surface area contributed by atoms with Crippen molar-refractivity contribution in [3.05, 3.63) is 16.4 Å². The Morgan fingerprint density at radius 2 is 2.14 bits per heavy atom. The van der Waals surface area contributed by atoms with Crippen LogP contribution >= 0.6 is 11.3 Å². The largest absolute Gasteiger partial charge is 0.327 e. The molecule has 118 valence electrons. The second-order valence-corrected chi connectivity index (χ2v) is 6.60. The van der Waals surface area contributed by atoms with Crippen molar-refractivity contribution in [1.82, 2.24) is 14.8 Å². The molecule has 7 nitrogen and oxygen atoms in total. The molecule has 2 aliphatic rings. The Balaban J connectivity index is 1.64. The number of nitrogens with zero attached hydrogens (tertiary/aromatic N) is 3. The lowest BCUT2D eigenvalue weighted by molar-refractivity contribution is -0.131. The summed E-state index contributed by atoms with van der Waals surface area (Å²) in [7, 11) is 1.81. The highest BCUT2D eigenvalue weighted by molar-refractivity contribution is 7.07. The highest BCUT2D eigenvalue weighted by Gasteiger charge is 2.52. The molecule has 1 saturated heterocycles. The minimum Gasteiger partial charge on any atom is -0.327 e. The third-order valence-electron chi connectivity index (χ3n) is 4.23. The molecule has 1 aliphatic carbocycles. The van der Waals surface area contributed by atoms with Gasteiger partial charge in [0, 0.05) is 31.6 Å². The zero-order chi connectivity index (χ0) is 15.7. The Morgan fingerprint density at radius 3 is 2.77 bits per heavy atom. The molecule has 1 saturated carbocycles. The Kier molecular flexibility index (Phi) is 3.86. The minimum absolute atomic E-state index is 0.0487. The van der Waals surface area contributed by atoms with Crippen LogP contribution in [0, 0.1) is 0 Å². The van der Waals surface area contributed by atoms with Crippen molar-refractivity contribution in [3.8, 4) is 0 Å². The van der Waals surface area contributed by atoms with Gasteiger partial charge in [-0.15, -0.1) is 11.3 Å². The first-order valence-electron chi connectivity index (χ1n) is 7.34. The van der Waals surface area contributed by atoms with Crippen LogP contribution < -0.4 is 10.1 Å². The van der Waals surface area contributed by atoms with Gasteiger partial charge in [0.05, 0.1) is 0 Å². The molecule has 3 rings (SSSR count). The third-order valence-corrected chi connectivity index (χ3v) is 5.08. The van der Waals surface area contributed by atoms with Gasteiger partial charge in [-0.2, -0.15) is 4.99 Å². The number of hydrogen-bond acceptors (Lipinski definition) is 4. The van der Waals surface area contributed by atoms with Gasteiger partial charge in [-0.1, -0.05) is 12.8 Å². The maximum Gasteiger partial charge on any atom is 0.325 e. The van der Waals surface area contributed by atoms with Gasteiger partial charge in [0.2, 0.25) is 5.91 Å². The summed E-state index contributed by atoms with van der Waals surface area (Å²) < 4.78 is 1.75. The van der Waals surface area contributed by atoms with Crippen LogP contribution in [0.25, 0.3) is 0 Å². The van der Waals surface area contributed by atoms with Crippen molar-refractivity contribution in [1.29, 1.82) is 0 Å². The second-order valence-electron chi connectivity index (χ2n) is 5.73. The van der Waals surface area contributed by atoms with Gasteiger partial charge in [-0.05, 0) is 12.8 Å². The smallest absolute Gasteiger partial charge is 0.325 e. The molecule has 4 amide bonds. The fourth-order valence-electron chi connectivity index (χ4n) is 3.00. The fraction of sp³-hybridized carbons (Fsp3) is 0.571. The summed E-state index contributed by atoms with van der Waals surface area (Å²) in [5.74, 6) is -0.518. The van der Waals surface area contributed by atoms with Gasteiger partial charge in [-0.25, -0.2) is 4.79 Å². The Bertz CT molecular complexity index is 684. The van der Waals surface area contributed by atoms with Crippen molar-refractivity contribution >= 4 is 29.2 Å². The van der Waals surface area contributed by atoms with Crippen molar-refractivity contribution in [2.24, 2.45) is 12.0 Å². The number of carbonyl (C=O) groups excluding carboxylic acids is 3. The lowest BCUT2D eigenvalue weighted by Crippen LogP contribution is -2.44. The van der Waals surface area contributed by atoms with Gasteiger partial charge in [-0.3, -0.25) is 14.5 Å². The predicted octanol–water partition coefficient (Wildman–Crippen LogP) is 0.769. The van der Waals surface area contributed by atoms with Crippen LogP contribution in [-0.4, -0.2) is 39.4 Å². The molecule has 0 unspecified atom stereocenters. The summed E-state index contributed by atoms with van der Waals surface area (Å²) in [4.78, 5) is 42.1. The number of imide groups is 1. The molecule has 1 N–H and O–H groups in total. The molecular weight excluding hydrogens is 304 g/mol. The number of aromatic nitrogens is 1. The fourth-order valence-corrected chi connectivity index (χ4v) is 3.75. The van der Waals surface area contributed by atoms with E-state index in [9.17, 15) is 14.4 Å². The van der Waals surface area contributed by atoms with Crippen molar-refractivity contribution < 1.29 is 14.4 Å². The standard InChI is InChI=1S/C14H18N4O3S/c1-17-8-9-22-13(17)15-10(19)4-7-18-11(20)14(16-12(18)21)5-2-3-6-14/h8-9H,2-7H2,1H3,(H,16,21). The third kappa shape index (κ3) is 2.58. The first-order valence-corrected chi connectivity index (χ1v) is 8.22. The van der Waals surface area contributed by atoms with E-state index in [0.717, 1.165) is 17.7 Å². The molecule has 0 aromatic carbocycles. The number of amides is 4. The van der Waals surface area contributed by atoms with E-state index < -0.39 is 5.54 Å². The van der Waals surface area contributed by atoms with E-state index in [2.05, 4.69) is 10.3 Å². The van der Waals surface area contributed by atoms with Gasteiger partial charge in [0.1, 0.15) is 5.54 Å². The van der Waals surface area contributed by atoms with Crippen LogP contribution in [0.1, 0.15) is 32.1 Å². The molecule has 0 atom stereocenters. The molecular formula is C14H18N4O3S. The first kappa shape index (κ1) is 15.0. The number of hydrogen-bond donors (Lipinski definition) is 1. The maximum absolute atomic E-state index is 12.4. The summed E-state index contributed by atoms with van der Waals surface area (Å²) in [5.41, 5.74) is -0.711. The van der Waals surface area contributed by atoms with Crippen molar-refractivity contribution in [3.63, 3.8) is 0 Å². The van der Waals surface area contributed by atoms with Gasteiger partial charge < -0.3 is 9.88 Å². The van der Waals surface area contributed by atoms with E-state index in [1.807, 2.05) is 18.6 Å². The predicted molar refractivity (Wildman–Crippen MR) is 79.9 cm³/mol. The lowest BCUT2D eigenvalue weighted by Gasteiger charge is -2.19. The lowest BCUT2D eigenvalue weighted by atomic mass is 9.98. The number of thiazole rings is 1. The van der Waals surface area contributed by atoms with Crippen LogP contribution in [0.4, 0.5) is 4.79 Å². The van der Waals surface area contributed by atoms with E-state index in [1.54, 1.807) is 4.57 Å². The van der Waals surface area contributed by atoms with E-state index >= 15 is 0 Å². The molecule has 1 spiro atoms. The zero-order valence-electron chi connectivity index (χ0n) is 12.4. The Hall–Kier alpha value is -1.96. The van der Waals surface area contributed by atoms with Gasteiger partial charge in [0.25, 0.3) is 5.91 Å². The van der Waals surface area contributed by atoms with Crippen LogP contribution in [0.5, 0.6) is 0 Å². The van der Waals surface area contributed by atoms with Gasteiger partial charge in [0.15, 0.2) is 4.80 Å². The molecule has 22 heavy (non-hydrogen) atoms. The average Bonchev–Trinajstić information content (AvgIpc) is 3.14. The number of urea groups is 1. The highest BCUT2D eigenvalue weighted by Crippen LogP contribution is 2.34. The number of rotatable bonds is 3. The monoisotopic (exact) mass is 322 g/mol. The molecule has 1 aromatic heterocycles. The molecule has 8 heteroatoms. The SMILES string of the molecule is Cn1ccsc1=NC(=O)CCN1C(=O)NC2(CCCC2)C1=O. The molecule has 1 aromatic rings. The second kappa shape index (κ2) is 5.68. The van der Waals surface area contributed by atoms with Crippen LogP contribution in [0.15, 0.2) is 16.6 Å². The quantitative estimate of drug-likeness (QED) is 0.834. The van der Waals surface area contributed by atoms with E-state index in [0.29, 0.717) is 17.6 Å². The first-order chi connectivity index (χ1) is 10.5. The molecule has 2 fully saturated rings. The summed E-state index contributed by atoms with van der Waals surface area (Å²) in [5, 5.41) is 4.64. The molecule has 0 radical (unpaired) electrons. The molecule has 1 aliphatic heterocycles. The van der Waals surface area contributed by atoms with Crippen molar-refractivity contribution in [2.75, 3.05) is 6.54 Å². The number of nitrogens with one attached hydrogen (secondary N) is 1. The van der Waals surface area contributed by atoms with E-state index in [-0.39, 0.29) is 30.8 Å². The molecule has 0 bridgehead atoms. The average molecular weight is 322 g/mol. The number of aryl methyl sites for hydroxylation is 1. The maximum atomic E-state index is 12.4. The van der Waals surface area contributed by atoms with Crippen LogP contribution in [0.3, 0.4) is 0 Å². The normalized spacial score (nSPS) is 21.0. The Labute approximate surface area is 131 Å².